The summed E-state index contributed by atoms with van der Waals surface area (Å²) in [5.74, 6) is 0. The van der Waals surface area contributed by atoms with Gasteiger partial charge in [-0.15, -0.1) is 0 Å². The number of para-hydroxylation sites is 1. The summed E-state index contributed by atoms with van der Waals surface area (Å²) in [6.45, 7) is 1.19. The van der Waals surface area contributed by atoms with Gasteiger partial charge in [0.1, 0.15) is 5.02 Å². The van der Waals surface area contributed by atoms with Gasteiger partial charge in [0, 0.05) is 18.9 Å². The monoisotopic (exact) mass is 391 g/mol. The average molecular weight is 392 g/mol. The van der Waals surface area contributed by atoms with Crippen LogP contribution in [0.15, 0.2) is 84.0 Å². The van der Waals surface area contributed by atoms with Gasteiger partial charge in [-0.3, -0.25) is 9.48 Å². The van der Waals surface area contributed by atoms with E-state index in [0.29, 0.717) is 24.5 Å². The molecule has 1 N–H and O–H groups in total. The standard InChI is InChI=1S/C21H18ClN5O/c22-20-19(14-25-27(21(20)28)18-9-2-1-3-10-18)23-13-16-7-4-5-8-17(16)15-26-12-6-11-24-26/h1-12,14,23H,13,15H2. The van der Waals surface area contributed by atoms with Crippen molar-refractivity contribution in [3.8, 4) is 5.69 Å². The van der Waals surface area contributed by atoms with Crippen molar-refractivity contribution in [2.24, 2.45) is 0 Å². The first-order chi connectivity index (χ1) is 13.7. The zero-order chi connectivity index (χ0) is 19.3. The lowest BCUT2D eigenvalue weighted by Gasteiger charge is -2.13. The molecule has 2 aromatic carbocycles. The summed E-state index contributed by atoms with van der Waals surface area (Å²) in [6.07, 6.45) is 5.26. The van der Waals surface area contributed by atoms with Crippen molar-refractivity contribution in [3.63, 3.8) is 0 Å². The minimum absolute atomic E-state index is 0.114. The van der Waals surface area contributed by atoms with Crippen molar-refractivity contribution < 1.29 is 0 Å². The molecule has 0 spiro atoms. The van der Waals surface area contributed by atoms with E-state index in [1.54, 1.807) is 12.4 Å². The molecule has 0 unspecified atom stereocenters. The van der Waals surface area contributed by atoms with Gasteiger partial charge in [0.25, 0.3) is 5.56 Å². The number of aromatic nitrogens is 4. The highest BCUT2D eigenvalue weighted by molar-refractivity contribution is 6.32. The van der Waals surface area contributed by atoms with Crippen LogP contribution in [-0.4, -0.2) is 19.6 Å². The highest BCUT2D eigenvalue weighted by Crippen LogP contribution is 2.19. The molecule has 0 bridgehead atoms. The van der Waals surface area contributed by atoms with Crippen LogP contribution in [0.3, 0.4) is 0 Å². The lowest BCUT2D eigenvalue weighted by atomic mass is 10.1. The molecule has 0 saturated heterocycles. The fourth-order valence-electron chi connectivity index (χ4n) is 2.95. The molecule has 0 aliphatic heterocycles. The predicted molar refractivity (Wildman–Crippen MR) is 110 cm³/mol. The maximum Gasteiger partial charge on any atom is 0.292 e. The van der Waals surface area contributed by atoms with E-state index in [4.69, 9.17) is 11.6 Å². The Bertz CT molecular complexity index is 1120. The first-order valence-electron chi connectivity index (χ1n) is 8.84. The van der Waals surface area contributed by atoms with Crippen LogP contribution in [0.1, 0.15) is 11.1 Å². The van der Waals surface area contributed by atoms with Crippen LogP contribution in [0.2, 0.25) is 5.02 Å². The highest BCUT2D eigenvalue weighted by Gasteiger charge is 2.11. The molecule has 4 aromatic rings. The van der Waals surface area contributed by atoms with Gasteiger partial charge in [0.2, 0.25) is 0 Å². The summed E-state index contributed by atoms with van der Waals surface area (Å²) in [6, 6.07) is 19.2. The maximum atomic E-state index is 12.6. The normalized spacial score (nSPS) is 10.8. The van der Waals surface area contributed by atoms with Crippen LogP contribution in [0, 0.1) is 0 Å². The smallest absolute Gasteiger partial charge is 0.292 e. The molecule has 2 aromatic heterocycles. The molecule has 0 radical (unpaired) electrons. The average Bonchev–Trinajstić information content (AvgIpc) is 3.24. The number of anilines is 1. The second kappa shape index (κ2) is 8.10. The van der Waals surface area contributed by atoms with Crippen molar-refractivity contribution >= 4 is 17.3 Å². The summed E-state index contributed by atoms with van der Waals surface area (Å²) < 4.78 is 3.16. The summed E-state index contributed by atoms with van der Waals surface area (Å²) >= 11 is 6.32. The number of hydrogen-bond donors (Lipinski definition) is 1. The Morgan fingerprint density at radius 2 is 1.68 bits per heavy atom. The number of halogens is 1. The van der Waals surface area contributed by atoms with Gasteiger partial charge >= 0.3 is 0 Å². The van der Waals surface area contributed by atoms with Crippen molar-refractivity contribution in [3.05, 3.63) is 106 Å². The van der Waals surface area contributed by atoms with Crippen molar-refractivity contribution in [2.45, 2.75) is 13.1 Å². The van der Waals surface area contributed by atoms with E-state index in [-0.39, 0.29) is 10.6 Å². The summed E-state index contributed by atoms with van der Waals surface area (Å²) in [5.41, 5.74) is 3.06. The maximum absolute atomic E-state index is 12.6. The topological polar surface area (TPSA) is 64.7 Å². The van der Waals surface area contributed by atoms with Crippen LogP contribution in [0.4, 0.5) is 5.69 Å². The van der Waals surface area contributed by atoms with Crippen LogP contribution in [0.25, 0.3) is 5.69 Å². The zero-order valence-corrected chi connectivity index (χ0v) is 15.8. The molecular weight excluding hydrogens is 374 g/mol. The van der Waals surface area contributed by atoms with E-state index in [1.807, 2.05) is 65.5 Å². The molecule has 0 amide bonds. The minimum Gasteiger partial charge on any atom is -0.378 e. The number of nitrogens with one attached hydrogen (secondary N) is 1. The molecule has 0 saturated carbocycles. The SMILES string of the molecule is O=c1c(Cl)c(NCc2ccccc2Cn2cccn2)cnn1-c1ccccc1. The highest BCUT2D eigenvalue weighted by atomic mass is 35.5. The molecule has 0 aliphatic carbocycles. The Kier molecular flexibility index (Phi) is 5.21. The van der Waals surface area contributed by atoms with Gasteiger partial charge in [-0.2, -0.15) is 14.9 Å². The second-order valence-corrected chi connectivity index (χ2v) is 6.63. The van der Waals surface area contributed by atoms with Crippen LogP contribution < -0.4 is 10.9 Å². The van der Waals surface area contributed by atoms with Crippen molar-refractivity contribution in [2.75, 3.05) is 5.32 Å². The Labute approximate surface area is 167 Å². The Morgan fingerprint density at radius 3 is 2.43 bits per heavy atom. The van der Waals surface area contributed by atoms with E-state index >= 15 is 0 Å². The van der Waals surface area contributed by atoms with E-state index in [0.717, 1.165) is 11.1 Å². The fraction of sp³-hybridized carbons (Fsp3) is 0.0952. The van der Waals surface area contributed by atoms with Crippen LogP contribution >= 0.6 is 11.6 Å². The Balaban J connectivity index is 1.55. The minimum atomic E-state index is -0.359. The van der Waals surface area contributed by atoms with E-state index in [1.165, 1.54) is 4.68 Å². The number of benzene rings is 2. The third-order valence-electron chi connectivity index (χ3n) is 4.40. The lowest BCUT2D eigenvalue weighted by Crippen LogP contribution is -2.22. The van der Waals surface area contributed by atoms with Gasteiger partial charge in [0.15, 0.2) is 0 Å². The molecule has 140 valence electrons. The van der Waals surface area contributed by atoms with E-state index in [2.05, 4.69) is 21.6 Å². The molecule has 0 fully saturated rings. The molecule has 0 aliphatic rings. The van der Waals surface area contributed by atoms with Gasteiger partial charge in [-0.25, -0.2) is 0 Å². The largest absolute Gasteiger partial charge is 0.378 e. The molecule has 28 heavy (non-hydrogen) atoms. The van der Waals surface area contributed by atoms with Gasteiger partial charge in [-0.05, 0) is 29.3 Å². The first-order valence-corrected chi connectivity index (χ1v) is 9.21. The molecule has 0 atom stereocenters. The van der Waals surface area contributed by atoms with E-state index in [9.17, 15) is 4.79 Å². The van der Waals surface area contributed by atoms with Crippen LogP contribution in [0.5, 0.6) is 0 Å². The van der Waals surface area contributed by atoms with E-state index < -0.39 is 0 Å². The van der Waals surface area contributed by atoms with Crippen molar-refractivity contribution in [1.29, 1.82) is 0 Å². The number of nitrogens with zero attached hydrogens (tertiary/aromatic N) is 4. The summed E-state index contributed by atoms with van der Waals surface area (Å²) in [7, 11) is 0. The lowest BCUT2D eigenvalue weighted by molar-refractivity contribution is 0.682. The van der Waals surface area contributed by atoms with Gasteiger partial charge in [0.05, 0.1) is 24.1 Å². The molecule has 6 nitrogen and oxygen atoms in total. The zero-order valence-electron chi connectivity index (χ0n) is 15.0. The molecule has 4 rings (SSSR count). The Hall–Kier alpha value is -3.38. The molecular formula is C21H18ClN5O. The first kappa shape index (κ1) is 18.0. The van der Waals surface area contributed by atoms with Crippen LogP contribution in [-0.2, 0) is 13.1 Å². The second-order valence-electron chi connectivity index (χ2n) is 6.25. The van der Waals surface area contributed by atoms with Gasteiger partial charge < -0.3 is 5.32 Å². The van der Waals surface area contributed by atoms with Crippen molar-refractivity contribution in [1.82, 2.24) is 19.6 Å². The predicted octanol–water partition coefficient (Wildman–Crippen LogP) is 3.74. The summed E-state index contributed by atoms with van der Waals surface area (Å²) in [4.78, 5) is 12.6. The third kappa shape index (κ3) is 3.82. The number of rotatable bonds is 6. The third-order valence-corrected chi connectivity index (χ3v) is 4.76. The molecule has 7 heteroatoms. The quantitative estimate of drug-likeness (QED) is 0.543. The molecule has 2 heterocycles. The number of hydrogen-bond acceptors (Lipinski definition) is 4. The fourth-order valence-corrected chi connectivity index (χ4v) is 3.15. The Morgan fingerprint density at radius 1 is 0.929 bits per heavy atom. The van der Waals surface area contributed by atoms with Gasteiger partial charge in [-0.1, -0.05) is 54.1 Å². The summed E-state index contributed by atoms with van der Waals surface area (Å²) in [5, 5.41) is 11.8.